The highest BCUT2D eigenvalue weighted by molar-refractivity contribution is 5.72. The molecule has 0 radical (unpaired) electrons. The first kappa shape index (κ1) is 14.0. The number of amides is 2. The Morgan fingerprint density at radius 3 is 2.78 bits per heavy atom. The van der Waals surface area contributed by atoms with E-state index in [-0.39, 0.29) is 0 Å². The first-order valence-electron chi connectivity index (χ1n) is 5.96. The molecule has 18 heavy (non-hydrogen) atoms. The number of hydrazone groups is 1. The predicted molar refractivity (Wildman–Crippen MR) is 74.3 cm³/mol. The molecule has 3 N–H and O–H groups in total. The van der Waals surface area contributed by atoms with Gasteiger partial charge in [0.15, 0.2) is 0 Å². The molecule has 0 fully saturated rings. The zero-order valence-electron chi connectivity index (χ0n) is 10.5. The summed E-state index contributed by atoms with van der Waals surface area (Å²) in [5.74, 6) is 0.371. The van der Waals surface area contributed by atoms with Gasteiger partial charge in [0.05, 0.1) is 0 Å². The molecule has 0 aliphatic carbocycles. The topological polar surface area (TPSA) is 67.5 Å². The van der Waals surface area contributed by atoms with Crippen LogP contribution in [-0.2, 0) is 6.42 Å². The Labute approximate surface area is 108 Å². The second-order valence-electron chi connectivity index (χ2n) is 4.00. The molecule has 0 saturated heterocycles. The van der Waals surface area contributed by atoms with E-state index in [1.807, 2.05) is 31.2 Å². The fourth-order valence-corrected chi connectivity index (χ4v) is 1.72. The summed E-state index contributed by atoms with van der Waals surface area (Å²) in [6, 6.07) is 9.64. The first-order chi connectivity index (χ1) is 8.72. The van der Waals surface area contributed by atoms with Gasteiger partial charge in [0.1, 0.15) is 0 Å². The Balaban J connectivity index is 2.50. The van der Waals surface area contributed by atoms with Gasteiger partial charge in [-0.05, 0) is 31.2 Å². The zero-order chi connectivity index (χ0) is 13.2. The summed E-state index contributed by atoms with van der Waals surface area (Å²) < 4.78 is 0. The van der Waals surface area contributed by atoms with Crippen LogP contribution in [0.1, 0.15) is 18.9 Å². The molecular formula is C14H19N3O. The molecule has 0 unspecified atom stereocenters. The molecule has 1 atom stereocenters. The van der Waals surface area contributed by atoms with Crippen LogP contribution in [-0.4, -0.2) is 12.2 Å². The van der Waals surface area contributed by atoms with Crippen LogP contribution >= 0.6 is 0 Å². The van der Waals surface area contributed by atoms with Crippen LogP contribution in [0.15, 0.2) is 47.6 Å². The van der Waals surface area contributed by atoms with E-state index < -0.39 is 6.03 Å². The summed E-state index contributed by atoms with van der Waals surface area (Å²) in [7, 11) is 0. The molecule has 1 rings (SSSR count). The monoisotopic (exact) mass is 245 g/mol. The van der Waals surface area contributed by atoms with E-state index in [9.17, 15) is 4.79 Å². The van der Waals surface area contributed by atoms with Gasteiger partial charge in [-0.25, -0.2) is 10.2 Å². The number of hydrogen-bond donors (Lipinski definition) is 2. The third-order valence-corrected chi connectivity index (χ3v) is 2.48. The third kappa shape index (κ3) is 5.84. The number of allylic oxidation sites excluding steroid dienone is 2. The van der Waals surface area contributed by atoms with E-state index in [0.29, 0.717) is 5.92 Å². The van der Waals surface area contributed by atoms with Crippen molar-refractivity contribution in [3.05, 3.63) is 48.0 Å². The third-order valence-electron chi connectivity index (χ3n) is 2.48. The average Bonchev–Trinajstić information content (AvgIpc) is 2.36. The average molecular weight is 245 g/mol. The standard InChI is InChI=1S/C14H19N3O/c1-2-6-12(9-10-16-17-14(15)18)11-13-7-4-3-5-8-13/h2-8,10,12H,9,11H2,1H3,(H3,15,17,18)/b6-2+,16-10-/t12-/m0/s1. The van der Waals surface area contributed by atoms with Gasteiger partial charge in [0.25, 0.3) is 0 Å². The number of primary amides is 1. The van der Waals surface area contributed by atoms with Crippen molar-refractivity contribution in [2.75, 3.05) is 0 Å². The van der Waals surface area contributed by atoms with Crippen LogP contribution in [0.25, 0.3) is 0 Å². The lowest BCUT2D eigenvalue weighted by Gasteiger charge is -2.09. The van der Waals surface area contributed by atoms with Gasteiger partial charge < -0.3 is 5.73 Å². The quantitative estimate of drug-likeness (QED) is 0.451. The second kappa shape index (κ2) is 8.06. The van der Waals surface area contributed by atoms with Crippen LogP contribution in [0.2, 0.25) is 0 Å². The minimum Gasteiger partial charge on any atom is -0.350 e. The van der Waals surface area contributed by atoms with E-state index in [1.54, 1.807) is 6.21 Å². The molecule has 0 heterocycles. The van der Waals surface area contributed by atoms with Crippen molar-refractivity contribution in [2.45, 2.75) is 19.8 Å². The highest BCUT2D eigenvalue weighted by Crippen LogP contribution is 2.12. The van der Waals surface area contributed by atoms with Crippen LogP contribution in [0.3, 0.4) is 0 Å². The van der Waals surface area contributed by atoms with E-state index >= 15 is 0 Å². The lowest BCUT2D eigenvalue weighted by Crippen LogP contribution is -2.24. The van der Waals surface area contributed by atoms with Crippen molar-refractivity contribution in [1.29, 1.82) is 0 Å². The highest BCUT2D eigenvalue weighted by atomic mass is 16.2. The Bertz CT molecular complexity index is 412. The van der Waals surface area contributed by atoms with Gasteiger partial charge in [0, 0.05) is 6.21 Å². The van der Waals surface area contributed by atoms with Crippen molar-refractivity contribution in [3.8, 4) is 0 Å². The number of urea groups is 1. The van der Waals surface area contributed by atoms with Crippen LogP contribution in [0.5, 0.6) is 0 Å². The minimum absolute atomic E-state index is 0.371. The normalized spacial score (nSPS) is 12.9. The van der Waals surface area contributed by atoms with Crippen molar-refractivity contribution in [2.24, 2.45) is 16.8 Å². The smallest absolute Gasteiger partial charge is 0.332 e. The van der Waals surface area contributed by atoms with Gasteiger partial charge >= 0.3 is 6.03 Å². The Hall–Kier alpha value is -2.10. The lowest BCUT2D eigenvalue weighted by molar-refractivity contribution is 0.249. The van der Waals surface area contributed by atoms with E-state index in [1.165, 1.54) is 5.56 Å². The summed E-state index contributed by atoms with van der Waals surface area (Å²) in [4.78, 5) is 10.4. The number of benzene rings is 1. The Morgan fingerprint density at radius 1 is 1.44 bits per heavy atom. The molecule has 4 heteroatoms. The Morgan fingerprint density at radius 2 is 2.17 bits per heavy atom. The fraction of sp³-hybridized carbons (Fsp3) is 0.286. The number of nitrogens with one attached hydrogen (secondary N) is 1. The van der Waals surface area contributed by atoms with Crippen molar-refractivity contribution in [3.63, 3.8) is 0 Å². The van der Waals surface area contributed by atoms with Crippen molar-refractivity contribution < 1.29 is 4.79 Å². The van der Waals surface area contributed by atoms with Crippen LogP contribution in [0.4, 0.5) is 4.79 Å². The van der Waals surface area contributed by atoms with Crippen LogP contribution in [0, 0.1) is 5.92 Å². The molecule has 2 amide bonds. The SMILES string of the molecule is C/C=C/[C@@H](C/C=N\NC(N)=O)Cc1ccccc1. The van der Waals surface area contributed by atoms with Gasteiger partial charge in [-0.3, -0.25) is 0 Å². The Kier molecular flexibility index (Phi) is 6.25. The number of carbonyl (C=O) groups is 1. The van der Waals surface area contributed by atoms with Gasteiger partial charge in [-0.1, -0.05) is 42.5 Å². The number of nitrogens with two attached hydrogens (primary N) is 1. The molecule has 96 valence electrons. The number of rotatable bonds is 6. The van der Waals surface area contributed by atoms with Crippen molar-refractivity contribution >= 4 is 12.2 Å². The molecule has 4 nitrogen and oxygen atoms in total. The van der Waals surface area contributed by atoms with E-state index in [2.05, 4.69) is 28.7 Å². The summed E-state index contributed by atoms with van der Waals surface area (Å²) in [5, 5.41) is 3.75. The molecule has 0 aliphatic rings. The lowest BCUT2D eigenvalue weighted by atomic mass is 9.96. The molecule has 0 saturated carbocycles. The summed E-state index contributed by atoms with van der Waals surface area (Å²) in [6.07, 6.45) is 7.57. The molecule has 1 aromatic carbocycles. The maximum absolute atomic E-state index is 10.4. The number of nitrogens with zero attached hydrogens (tertiary/aromatic N) is 1. The van der Waals surface area contributed by atoms with Gasteiger partial charge in [-0.15, -0.1) is 0 Å². The molecule has 0 aromatic heterocycles. The predicted octanol–water partition coefficient (Wildman–Crippen LogP) is 2.47. The van der Waals surface area contributed by atoms with Gasteiger partial charge in [-0.2, -0.15) is 5.10 Å². The molecule has 1 aromatic rings. The maximum Gasteiger partial charge on any atom is 0.332 e. The summed E-state index contributed by atoms with van der Waals surface area (Å²) >= 11 is 0. The highest BCUT2D eigenvalue weighted by Gasteiger charge is 2.04. The maximum atomic E-state index is 10.4. The second-order valence-corrected chi connectivity index (χ2v) is 4.00. The molecular weight excluding hydrogens is 226 g/mol. The summed E-state index contributed by atoms with van der Waals surface area (Å²) in [6.45, 7) is 2.00. The largest absolute Gasteiger partial charge is 0.350 e. The van der Waals surface area contributed by atoms with Crippen molar-refractivity contribution in [1.82, 2.24) is 5.43 Å². The first-order valence-corrected chi connectivity index (χ1v) is 5.96. The zero-order valence-corrected chi connectivity index (χ0v) is 10.5. The number of hydrogen-bond acceptors (Lipinski definition) is 2. The molecule has 0 spiro atoms. The fourth-order valence-electron chi connectivity index (χ4n) is 1.72. The van der Waals surface area contributed by atoms with Gasteiger partial charge in [0.2, 0.25) is 0 Å². The van der Waals surface area contributed by atoms with E-state index in [4.69, 9.17) is 5.73 Å². The molecule has 0 bridgehead atoms. The number of carbonyl (C=O) groups excluding carboxylic acids is 1. The van der Waals surface area contributed by atoms with E-state index in [0.717, 1.165) is 12.8 Å². The van der Waals surface area contributed by atoms with Crippen LogP contribution < -0.4 is 11.2 Å². The summed E-state index contributed by atoms with van der Waals surface area (Å²) in [5.41, 5.74) is 8.39. The molecule has 0 aliphatic heterocycles. The minimum atomic E-state index is -0.642.